The number of H-pyrrole nitrogens is 1. The molecule has 1 amide bonds. The van der Waals surface area contributed by atoms with Crippen LogP contribution in [0.5, 0.6) is 0 Å². The molecule has 35 heavy (non-hydrogen) atoms. The molecule has 4 N–H and O–H groups in total. The van der Waals surface area contributed by atoms with Gasteiger partial charge in [-0.2, -0.15) is 18.4 Å². The van der Waals surface area contributed by atoms with Crippen LogP contribution in [0, 0.1) is 11.3 Å². The van der Waals surface area contributed by atoms with Crippen LogP contribution in [0.15, 0.2) is 24.7 Å². The van der Waals surface area contributed by atoms with Gasteiger partial charge in [-0.1, -0.05) is 0 Å². The molecular formula is C22H22F4N8O. The van der Waals surface area contributed by atoms with Crippen molar-refractivity contribution in [3.8, 4) is 17.3 Å². The van der Waals surface area contributed by atoms with Crippen molar-refractivity contribution in [1.29, 1.82) is 5.26 Å². The number of anilines is 1. The third-order valence-electron chi connectivity index (χ3n) is 6.27. The van der Waals surface area contributed by atoms with Crippen LogP contribution in [0.2, 0.25) is 0 Å². The van der Waals surface area contributed by atoms with Crippen LogP contribution >= 0.6 is 0 Å². The van der Waals surface area contributed by atoms with E-state index in [2.05, 4.69) is 25.3 Å². The number of nitrogens with two attached hydrogens (primary N) is 1. The molecule has 1 saturated heterocycles. The van der Waals surface area contributed by atoms with Crippen LogP contribution in [0.25, 0.3) is 22.3 Å². The third-order valence-corrected chi connectivity index (χ3v) is 6.27. The molecule has 1 fully saturated rings. The summed E-state index contributed by atoms with van der Waals surface area (Å²) >= 11 is 0. The van der Waals surface area contributed by atoms with Crippen LogP contribution in [-0.2, 0) is 11.0 Å². The molecule has 1 atom stereocenters. The fourth-order valence-corrected chi connectivity index (χ4v) is 4.11. The minimum atomic E-state index is -4.60. The Hall–Kier alpha value is -3.79. The van der Waals surface area contributed by atoms with Gasteiger partial charge in [-0.25, -0.2) is 19.3 Å². The topological polar surface area (TPSA) is 137 Å². The van der Waals surface area contributed by atoms with Gasteiger partial charge >= 0.3 is 6.18 Å². The number of alkyl halides is 4. The van der Waals surface area contributed by atoms with Crippen LogP contribution < -0.4 is 11.1 Å². The minimum absolute atomic E-state index is 0.0123. The first kappa shape index (κ1) is 24.3. The fourth-order valence-electron chi connectivity index (χ4n) is 4.11. The van der Waals surface area contributed by atoms with Gasteiger partial charge in [-0.15, -0.1) is 0 Å². The summed E-state index contributed by atoms with van der Waals surface area (Å²) in [4.78, 5) is 28.3. The molecule has 3 aromatic rings. The first-order valence-corrected chi connectivity index (χ1v) is 10.8. The summed E-state index contributed by atoms with van der Waals surface area (Å²) in [6, 6.07) is 2.12. The Kier molecular flexibility index (Phi) is 6.33. The van der Waals surface area contributed by atoms with Crippen LogP contribution in [-0.4, -0.2) is 62.1 Å². The number of nitrogens with one attached hydrogen (secondary N) is 2. The fraction of sp³-hybridized carbons (Fsp3) is 0.409. The summed E-state index contributed by atoms with van der Waals surface area (Å²) in [5, 5.41) is 12.6. The molecule has 4 heterocycles. The van der Waals surface area contributed by atoms with Crippen molar-refractivity contribution in [1.82, 2.24) is 24.8 Å². The molecule has 4 rings (SSSR count). The van der Waals surface area contributed by atoms with Crippen molar-refractivity contribution in [3.05, 3.63) is 35.8 Å². The van der Waals surface area contributed by atoms with Crippen molar-refractivity contribution in [2.75, 3.05) is 25.0 Å². The highest BCUT2D eigenvalue weighted by atomic mass is 19.4. The van der Waals surface area contributed by atoms with Crippen LogP contribution in [0.4, 0.5) is 23.5 Å². The van der Waals surface area contributed by atoms with Gasteiger partial charge in [-0.3, -0.25) is 4.79 Å². The van der Waals surface area contributed by atoms with E-state index in [0.717, 1.165) is 12.3 Å². The zero-order chi connectivity index (χ0) is 25.4. The smallest absolute Gasteiger partial charge is 0.349 e. The number of nitriles is 1. The predicted octanol–water partition coefficient (Wildman–Crippen LogP) is 3.00. The van der Waals surface area contributed by atoms with Crippen LogP contribution in [0.1, 0.15) is 30.9 Å². The van der Waals surface area contributed by atoms with Crippen LogP contribution in [0.3, 0.4) is 0 Å². The largest absolute Gasteiger partial charge is 0.417 e. The van der Waals surface area contributed by atoms with E-state index in [0.29, 0.717) is 0 Å². The monoisotopic (exact) mass is 490 g/mol. The van der Waals surface area contributed by atoms with E-state index in [9.17, 15) is 23.2 Å². The first-order valence-electron chi connectivity index (χ1n) is 10.8. The van der Waals surface area contributed by atoms with Gasteiger partial charge in [0.1, 0.15) is 17.4 Å². The lowest BCUT2D eigenvalue weighted by atomic mass is 9.87. The van der Waals surface area contributed by atoms with E-state index < -0.39 is 23.5 Å². The van der Waals surface area contributed by atoms with Crippen molar-refractivity contribution < 1.29 is 22.4 Å². The van der Waals surface area contributed by atoms with Gasteiger partial charge in [0.25, 0.3) is 0 Å². The Labute approximate surface area is 197 Å². The number of aromatic amines is 1. The summed E-state index contributed by atoms with van der Waals surface area (Å²) in [5.41, 5.74) is 3.32. The van der Waals surface area contributed by atoms with E-state index in [1.165, 1.54) is 17.3 Å². The molecule has 0 bridgehead atoms. The Morgan fingerprint density at radius 2 is 2.06 bits per heavy atom. The lowest BCUT2D eigenvalue weighted by molar-refractivity contribution is -0.137. The second-order valence-electron chi connectivity index (χ2n) is 8.37. The number of carbonyl (C=O) groups is 1. The van der Waals surface area contributed by atoms with E-state index in [1.54, 1.807) is 6.92 Å². The predicted molar refractivity (Wildman–Crippen MR) is 119 cm³/mol. The summed E-state index contributed by atoms with van der Waals surface area (Å²) in [6.07, 6.45) is -1.06. The number of piperidine rings is 1. The minimum Gasteiger partial charge on any atom is -0.349 e. The van der Waals surface area contributed by atoms with Gasteiger partial charge in [0, 0.05) is 49.3 Å². The van der Waals surface area contributed by atoms with E-state index in [4.69, 9.17) is 5.73 Å². The van der Waals surface area contributed by atoms with Crippen molar-refractivity contribution in [2.24, 2.45) is 5.73 Å². The van der Waals surface area contributed by atoms with Crippen molar-refractivity contribution >= 4 is 22.9 Å². The van der Waals surface area contributed by atoms with Gasteiger partial charge in [0.2, 0.25) is 11.9 Å². The first-order chi connectivity index (χ1) is 16.6. The lowest BCUT2D eigenvalue weighted by Crippen LogP contribution is -2.52. The normalized spacial score (nSPS) is 16.7. The number of carbonyl (C=O) groups excluding carboxylic acids is 1. The number of fused-ring (bicyclic) bond motifs is 1. The number of nitrogens with zero attached hydrogens (tertiary/aromatic N) is 5. The number of pyridine rings is 1. The lowest BCUT2D eigenvalue weighted by Gasteiger charge is -2.40. The van der Waals surface area contributed by atoms with Gasteiger partial charge < -0.3 is 20.9 Å². The molecule has 1 aliphatic rings. The molecule has 1 aliphatic heterocycles. The van der Waals surface area contributed by atoms with Crippen molar-refractivity contribution in [3.63, 3.8) is 0 Å². The quantitative estimate of drug-likeness (QED) is 0.468. The Morgan fingerprint density at radius 1 is 1.34 bits per heavy atom. The highest BCUT2D eigenvalue weighted by molar-refractivity contribution is 5.94. The molecule has 1 unspecified atom stereocenters. The number of hydrogen-bond donors (Lipinski definition) is 3. The Morgan fingerprint density at radius 3 is 2.69 bits per heavy atom. The average Bonchev–Trinajstić information content (AvgIpc) is 3.26. The number of rotatable bonds is 5. The maximum atomic E-state index is 15.6. The molecular weight excluding hydrogens is 468 g/mol. The standard InChI is InChI=1S/C22H22F4N8O/c1-12(21(23)2-4-34(5-3-21)17(35)8-28)32-20-31-9-13(7-27)18(33-20)16-11-30-19-15(16)6-14(10-29-19)22(24,25)26/h6,9-12H,2-5,8,28H2,1H3,(H,29,30)(H,31,32,33). The maximum Gasteiger partial charge on any atom is 0.417 e. The molecule has 3 aromatic heterocycles. The molecule has 0 aliphatic carbocycles. The second kappa shape index (κ2) is 9.10. The number of likely N-dealkylation sites (tertiary alicyclic amines) is 1. The van der Waals surface area contributed by atoms with Gasteiger partial charge in [0.05, 0.1) is 35.6 Å². The van der Waals surface area contributed by atoms with E-state index in [-0.39, 0.29) is 72.2 Å². The SMILES string of the molecule is CC(Nc1ncc(C#N)c(-c2c[nH]c3ncc(C(F)(F)F)cc23)n1)C1(F)CCN(C(=O)CN)CC1. The van der Waals surface area contributed by atoms with Crippen molar-refractivity contribution in [2.45, 2.75) is 37.7 Å². The number of aromatic nitrogens is 4. The summed E-state index contributed by atoms with van der Waals surface area (Å²) in [6.45, 7) is 1.93. The molecule has 184 valence electrons. The Balaban J connectivity index is 1.62. The Bertz CT molecular complexity index is 1290. The van der Waals surface area contributed by atoms with E-state index in [1.807, 2.05) is 6.07 Å². The molecule has 9 nitrogen and oxygen atoms in total. The van der Waals surface area contributed by atoms with E-state index >= 15 is 4.39 Å². The maximum absolute atomic E-state index is 15.6. The zero-order valence-corrected chi connectivity index (χ0v) is 18.7. The molecule has 0 spiro atoms. The molecule has 13 heteroatoms. The molecule has 0 saturated carbocycles. The number of amides is 1. The highest BCUT2D eigenvalue weighted by Crippen LogP contribution is 2.35. The molecule has 0 aromatic carbocycles. The molecule has 0 radical (unpaired) electrons. The summed E-state index contributed by atoms with van der Waals surface area (Å²) < 4.78 is 55.2. The average molecular weight is 490 g/mol. The van der Waals surface area contributed by atoms with Gasteiger partial charge in [0.15, 0.2) is 0 Å². The third kappa shape index (κ3) is 4.74. The summed E-state index contributed by atoms with van der Waals surface area (Å²) in [5.74, 6) is -0.229. The summed E-state index contributed by atoms with van der Waals surface area (Å²) in [7, 11) is 0. The number of hydrogen-bond acceptors (Lipinski definition) is 7. The highest BCUT2D eigenvalue weighted by Gasteiger charge is 2.41. The van der Waals surface area contributed by atoms with Gasteiger partial charge in [-0.05, 0) is 13.0 Å². The second-order valence-corrected chi connectivity index (χ2v) is 8.37. The zero-order valence-electron chi connectivity index (χ0n) is 18.7. The number of halogens is 4.